The largest absolute Gasteiger partial charge is 0.387 e. The molecule has 2 N–H and O–H groups in total. The van der Waals surface area contributed by atoms with Crippen molar-refractivity contribution in [2.45, 2.75) is 43.5 Å². The molecule has 25 heavy (non-hydrogen) atoms. The Kier molecular flexibility index (Phi) is 4.55. The maximum Gasteiger partial charge on any atom is 0.256 e. The molecule has 2 aliphatic rings. The summed E-state index contributed by atoms with van der Waals surface area (Å²) in [6.07, 6.45) is -0.299. The number of likely N-dealkylation sites (tertiary alicyclic amines) is 1. The summed E-state index contributed by atoms with van der Waals surface area (Å²) < 4.78 is 45.8. The van der Waals surface area contributed by atoms with Gasteiger partial charge in [0, 0.05) is 25.6 Å². The first-order chi connectivity index (χ1) is 11.7. The van der Waals surface area contributed by atoms with Crippen molar-refractivity contribution in [2.75, 3.05) is 19.7 Å². The van der Waals surface area contributed by atoms with Crippen molar-refractivity contribution in [2.24, 2.45) is 0 Å². The van der Waals surface area contributed by atoms with E-state index in [4.69, 9.17) is 4.74 Å². The molecule has 1 aromatic rings. The monoisotopic (exact) mass is 359 g/mol. The Balaban J connectivity index is 1.74. The highest BCUT2D eigenvalue weighted by atomic mass is 19.2. The summed E-state index contributed by atoms with van der Waals surface area (Å²) in [5.41, 5.74) is -2.78. The van der Waals surface area contributed by atoms with Crippen LogP contribution in [0.15, 0.2) is 12.1 Å². The van der Waals surface area contributed by atoms with Gasteiger partial charge in [-0.2, -0.15) is 0 Å². The number of aliphatic hydroxyl groups is 2. The first kappa shape index (κ1) is 18.2. The van der Waals surface area contributed by atoms with Crippen LogP contribution in [0.25, 0.3) is 0 Å². The number of aliphatic hydroxyl groups excluding tert-OH is 1. The highest BCUT2D eigenvalue weighted by Crippen LogP contribution is 2.40. The van der Waals surface area contributed by atoms with Crippen molar-refractivity contribution < 1.29 is 32.9 Å². The van der Waals surface area contributed by atoms with Gasteiger partial charge in [0.1, 0.15) is 17.5 Å². The molecule has 2 aliphatic heterocycles. The third-order valence-electron chi connectivity index (χ3n) is 5.22. The van der Waals surface area contributed by atoms with E-state index in [1.54, 1.807) is 0 Å². The van der Waals surface area contributed by atoms with Gasteiger partial charge in [0.05, 0.1) is 17.8 Å². The standard InChI is InChI=1S/C17H20F3NO4/c1-16(24)4-7-25-17(15(16)23)2-5-21(6-3-17)14(22)10-8-12(19)13(20)9-11(10)18/h8-9,15,23-24H,2-7H2,1H3/t15?,16-/m1/s1. The lowest BCUT2D eigenvalue weighted by molar-refractivity contribution is -0.244. The van der Waals surface area contributed by atoms with Gasteiger partial charge in [-0.25, -0.2) is 13.2 Å². The summed E-state index contributed by atoms with van der Waals surface area (Å²) in [5.74, 6) is -4.52. The van der Waals surface area contributed by atoms with Gasteiger partial charge in [-0.05, 0) is 25.8 Å². The molecule has 0 saturated carbocycles. The normalized spacial score (nSPS) is 29.0. The maximum atomic E-state index is 13.8. The van der Waals surface area contributed by atoms with Crippen LogP contribution >= 0.6 is 0 Å². The van der Waals surface area contributed by atoms with Gasteiger partial charge in [0.2, 0.25) is 0 Å². The second-order valence-corrected chi connectivity index (χ2v) is 6.96. The molecule has 1 aromatic carbocycles. The Labute approximate surface area is 143 Å². The van der Waals surface area contributed by atoms with Gasteiger partial charge < -0.3 is 19.8 Å². The molecular formula is C17H20F3NO4. The summed E-state index contributed by atoms with van der Waals surface area (Å²) in [7, 11) is 0. The van der Waals surface area contributed by atoms with E-state index in [1.165, 1.54) is 11.8 Å². The lowest BCUT2D eigenvalue weighted by Gasteiger charge is -2.51. The second-order valence-electron chi connectivity index (χ2n) is 6.96. The van der Waals surface area contributed by atoms with Gasteiger partial charge in [-0.1, -0.05) is 0 Å². The topological polar surface area (TPSA) is 70.0 Å². The number of hydrogen-bond donors (Lipinski definition) is 2. The number of halogens is 3. The second kappa shape index (κ2) is 6.26. The number of amides is 1. The average Bonchev–Trinajstić information content (AvgIpc) is 2.56. The van der Waals surface area contributed by atoms with Crippen molar-refractivity contribution in [3.63, 3.8) is 0 Å². The number of rotatable bonds is 1. The molecule has 5 nitrogen and oxygen atoms in total. The van der Waals surface area contributed by atoms with Gasteiger partial charge in [0.15, 0.2) is 11.6 Å². The number of piperidine rings is 1. The third-order valence-corrected chi connectivity index (χ3v) is 5.22. The minimum absolute atomic E-state index is 0.143. The van der Waals surface area contributed by atoms with Crippen LogP contribution in [-0.2, 0) is 4.74 Å². The van der Waals surface area contributed by atoms with E-state index < -0.39 is 46.2 Å². The zero-order valence-corrected chi connectivity index (χ0v) is 13.8. The number of hydrogen-bond acceptors (Lipinski definition) is 4. The van der Waals surface area contributed by atoms with E-state index in [-0.39, 0.29) is 32.5 Å². The molecule has 3 rings (SSSR count). The molecule has 0 aliphatic carbocycles. The molecule has 1 amide bonds. The predicted molar refractivity (Wildman–Crippen MR) is 81.4 cm³/mol. The van der Waals surface area contributed by atoms with Crippen LogP contribution in [0.2, 0.25) is 0 Å². The van der Waals surface area contributed by atoms with Gasteiger partial charge in [-0.3, -0.25) is 4.79 Å². The van der Waals surface area contributed by atoms with E-state index in [0.29, 0.717) is 18.6 Å². The van der Waals surface area contributed by atoms with E-state index in [2.05, 4.69) is 0 Å². The number of benzene rings is 1. The highest BCUT2D eigenvalue weighted by molar-refractivity contribution is 5.94. The van der Waals surface area contributed by atoms with Crippen LogP contribution in [0, 0.1) is 17.5 Å². The minimum Gasteiger partial charge on any atom is -0.387 e. The Bertz CT molecular complexity index is 687. The predicted octanol–water partition coefficient (Wildman–Crippen LogP) is 1.61. The fourth-order valence-corrected chi connectivity index (χ4v) is 3.61. The lowest BCUT2D eigenvalue weighted by atomic mass is 9.75. The first-order valence-corrected chi connectivity index (χ1v) is 8.14. The molecule has 0 radical (unpaired) electrons. The van der Waals surface area contributed by atoms with Crippen LogP contribution in [-0.4, -0.2) is 58.0 Å². The molecule has 2 saturated heterocycles. The Hall–Kier alpha value is -1.64. The summed E-state index contributed by atoms with van der Waals surface area (Å²) in [5, 5.41) is 20.7. The summed E-state index contributed by atoms with van der Waals surface area (Å²) in [6.45, 7) is 2.11. The van der Waals surface area contributed by atoms with Crippen LogP contribution in [0.3, 0.4) is 0 Å². The lowest BCUT2D eigenvalue weighted by Crippen LogP contribution is -2.64. The fraction of sp³-hybridized carbons (Fsp3) is 0.588. The van der Waals surface area contributed by atoms with Crippen LogP contribution in [0.1, 0.15) is 36.5 Å². The minimum atomic E-state index is -1.35. The fourth-order valence-electron chi connectivity index (χ4n) is 3.61. The highest BCUT2D eigenvalue weighted by Gasteiger charge is 2.53. The summed E-state index contributed by atoms with van der Waals surface area (Å²) in [6, 6.07) is 0.896. The van der Waals surface area contributed by atoms with E-state index in [1.807, 2.05) is 0 Å². The molecular weight excluding hydrogens is 339 g/mol. The van der Waals surface area contributed by atoms with Gasteiger partial charge >= 0.3 is 0 Å². The Morgan fingerprint density at radius 2 is 1.76 bits per heavy atom. The molecule has 138 valence electrons. The van der Waals surface area contributed by atoms with E-state index in [9.17, 15) is 28.2 Å². The zero-order chi connectivity index (χ0) is 18.4. The SMILES string of the molecule is C[C@@]1(O)CCOC2(CCN(C(=O)c3cc(F)c(F)cc3F)CC2)C1O. The van der Waals surface area contributed by atoms with Crippen LogP contribution in [0.4, 0.5) is 13.2 Å². The molecule has 1 unspecified atom stereocenters. The molecule has 1 spiro atoms. The van der Waals surface area contributed by atoms with Gasteiger partial charge in [0.25, 0.3) is 5.91 Å². The van der Waals surface area contributed by atoms with Crippen molar-refractivity contribution in [1.82, 2.24) is 4.90 Å². The molecule has 2 heterocycles. The average molecular weight is 359 g/mol. The summed E-state index contributed by atoms with van der Waals surface area (Å²) in [4.78, 5) is 13.7. The van der Waals surface area contributed by atoms with Crippen molar-refractivity contribution in [1.29, 1.82) is 0 Å². The summed E-state index contributed by atoms with van der Waals surface area (Å²) >= 11 is 0. The Morgan fingerprint density at radius 1 is 1.16 bits per heavy atom. The van der Waals surface area contributed by atoms with E-state index >= 15 is 0 Å². The maximum absolute atomic E-state index is 13.8. The van der Waals surface area contributed by atoms with Crippen molar-refractivity contribution >= 4 is 5.91 Å². The molecule has 0 bridgehead atoms. The first-order valence-electron chi connectivity index (χ1n) is 8.14. The third kappa shape index (κ3) is 3.14. The molecule has 2 atom stereocenters. The van der Waals surface area contributed by atoms with Crippen LogP contribution < -0.4 is 0 Å². The number of nitrogens with zero attached hydrogens (tertiary/aromatic N) is 1. The number of carbonyl (C=O) groups is 1. The van der Waals surface area contributed by atoms with Crippen molar-refractivity contribution in [3.05, 3.63) is 35.1 Å². The van der Waals surface area contributed by atoms with E-state index in [0.717, 1.165) is 0 Å². The smallest absolute Gasteiger partial charge is 0.256 e. The molecule has 8 heteroatoms. The van der Waals surface area contributed by atoms with Crippen molar-refractivity contribution in [3.8, 4) is 0 Å². The number of ether oxygens (including phenoxy) is 1. The molecule has 2 fully saturated rings. The Morgan fingerprint density at radius 3 is 2.40 bits per heavy atom. The molecule has 0 aromatic heterocycles. The van der Waals surface area contributed by atoms with Crippen LogP contribution in [0.5, 0.6) is 0 Å². The quantitative estimate of drug-likeness (QED) is 0.748. The zero-order valence-electron chi connectivity index (χ0n) is 13.8. The number of carbonyl (C=O) groups excluding carboxylic acids is 1. The van der Waals surface area contributed by atoms with Gasteiger partial charge in [-0.15, -0.1) is 0 Å².